The summed E-state index contributed by atoms with van der Waals surface area (Å²) in [5.74, 6) is 0. The van der Waals surface area contributed by atoms with Crippen molar-refractivity contribution >= 4 is 43.1 Å². The van der Waals surface area contributed by atoms with Gasteiger partial charge in [0.2, 0.25) is 0 Å². The molecule has 0 aliphatic heterocycles. The Hall–Kier alpha value is -6.97. The van der Waals surface area contributed by atoms with E-state index < -0.39 is 0 Å². The molecule has 0 spiro atoms. The molecule has 3 heterocycles. The van der Waals surface area contributed by atoms with E-state index in [9.17, 15) is 0 Å². The zero-order chi connectivity index (χ0) is 34.4. The molecule has 3 nitrogen and oxygen atoms in total. The molecule has 0 N–H and O–H groups in total. The maximum Gasteiger partial charge on any atom is 0.0721 e. The molecule has 0 bridgehead atoms. The van der Waals surface area contributed by atoms with Gasteiger partial charge < -0.3 is 0 Å². The molecule has 10 rings (SSSR count). The highest BCUT2D eigenvalue weighted by Gasteiger charge is 2.16. The molecule has 52 heavy (non-hydrogen) atoms. The predicted octanol–water partition coefficient (Wildman–Crippen LogP) is 12.8. The third-order valence-corrected chi connectivity index (χ3v) is 10.1. The minimum atomic E-state index is 0.917. The van der Waals surface area contributed by atoms with E-state index in [4.69, 9.17) is 15.0 Å². The van der Waals surface area contributed by atoms with Crippen LogP contribution in [0.25, 0.3) is 99.2 Å². The summed E-state index contributed by atoms with van der Waals surface area (Å²) in [6.45, 7) is 0. The van der Waals surface area contributed by atoms with Crippen LogP contribution in [0.5, 0.6) is 0 Å². The van der Waals surface area contributed by atoms with Crippen molar-refractivity contribution in [3.05, 3.63) is 188 Å². The number of hydrogen-bond acceptors (Lipinski definition) is 3. The summed E-state index contributed by atoms with van der Waals surface area (Å²) in [4.78, 5) is 15.3. The first kappa shape index (κ1) is 29.9. The Morgan fingerprint density at radius 3 is 1.15 bits per heavy atom. The van der Waals surface area contributed by atoms with Gasteiger partial charge in [-0.1, -0.05) is 133 Å². The van der Waals surface area contributed by atoms with Gasteiger partial charge in [-0.05, 0) is 85.9 Å². The zero-order valence-corrected chi connectivity index (χ0v) is 28.2. The summed E-state index contributed by atoms with van der Waals surface area (Å²) < 4.78 is 0. The highest BCUT2D eigenvalue weighted by Crippen LogP contribution is 2.39. The molecular weight excluding hydrogens is 631 g/mol. The van der Waals surface area contributed by atoms with Crippen LogP contribution in [0.15, 0.2) is 188 Å². The molecule has 0 saturated carbocycles. The van der Waals surface area contributed by atoms with Crippen LogP contribution in [0.4, 0.5) is 0 Å². The summed E-state index contributed by atoms with van der Waals surface area (Å²) in [5, 5.41) is 9.27. The van der Waals surface area contributed by atoms with Crippen LogP contribution in [-0.2, 0) is 0 Å². The van der Waals surface area contributed by atoms with Gasteiger partial charge in [-0.15, -0.1) is 0 Å². The highest BCUT2D eigenvalue weighted by atomic mass is 14.7. The van der Waals surface area contributed by atoms with E-state index in [1.165, 1.54) is 21.5 Å². The third-order valence-electron chi connectivity index (χ3n) is 10.1. The Balaban J connectivity index is 1.24. The second-order valence-corrected chi connectivity index (χ2v) is 13.3. The second kappa shape index (κ2) is 12.4. The summed E-state index contributed by atoms with van der Waals surface area (Å²) in [5.41, 5.74) is 10.1. The number of pyridine rings is 3. The van der Waals surface area contributed by atoms with E-state index in [1.807, 2.05) is 12.4 Å². The molecule has 0 amide bonds. The maximum atomic E-state index is 5.40. The Morgan fingerprint density at radius 1 is 0.269 bits per heavy atom. The van der Waals surface area contributed by atoms with E-state index in [0.29, 0.717) is 0 Å². The molecule has 3 aromatic heterocycles. The fourth-order valence-electron chi connectivity index (χ4n) is 7.44. The minimum Gasteiger partial charge on any atom is -0.256 e. The van der Waals surface area contributed by atoms with Gasteiger partial charge in [-0.25, -0.2) is 4.98 Å². The summed E-state index contributed by atoms with van der Waals surface area (Å²) in [6.07, 6.45) is 3.93. The van der Waals surface area contributed by atoms with Gasteiger partial charge in [0.1, 0.15) is 0 Å². The number of rotatable bonds is 5. The molecule has 0 fully saturated rings. The summed E-state index contributed by atoms with van der Waals surface area (Å²) >= 11 is 0. The van der Waals surface area contributed by atoms with E-state index in [1.54, 1.807) is 0 Å². The molecule has 3 heteroatoms. The van der Waals surface area contributed by atoms with Crippen molar-refractivity contribution in [2.45, 2.75) is 0 Å². The van der Waals surface area contributed by atoms with Crippen LogP contribution in [0, 0.1) is 0 Å². The van der Waals surface area contributed by atoms with Crippen LogP contribution in [0.2, 0.25) is 0 Å². The Labute approximate surface area is 301 Å². The number of aromatic nitrogens is 3. The number of fused-ring (bicyclic) bond motifs is 4. The van der Waals surface area contributed by atoms with Crippen molar-refractivity contribution in [2.24, 2.45) is 0 Å². The summed E-state index contributed by atoms with van der Waals surface area (Å²) in [6, 6.07) is 62.4. The average molecular weight is 662 g/mol. The van der Waals surface area contributed by atoms with E-state index in [2.05, 4.69) is 176 Å². The van der Waals surface area contributed by atoms with Gasteiger partial charge in [0.15, 0.2) is 0 Å². The Morgan fingerprint density at radius 2 is 0.654 bits per heavy atom. The monoisotopic (exact) mass is 661 g/mol. The Bertz CT molecular complexity index is 2770. The van der Waals surface area contributed by atoms with Crippen LogP contribution >= 0.6 is 0 Å². The van der Waals surface area contributed by atoms with Gasteiger partial charge in [0.25, 0.3) is 0 Å². The molecule has 0 atom stereocenters. The average Bonchev–Trinajstić information content (AvgIpc) is 3.22. The number of hydrogen-bond donors (Lipinski definition) is 0. The van der Waals surface area contributed by atoms with Crippen LogP contribution in [-0.4, -0.2) is 15.0 Å². The van der Waals surface area contributed by atoms with Gasteiger partial charge in [0.05, 0.1) is 22.8 Å². The minimum absolute atomic E-state index is 0.917. The standard InChI is InChI=1S/C49H31N3/c1-3-15-36-30-50-46(26-34(36)13-1)40-23-38(24-41(25-40)47-27-35-14-2-4-16-37(35)31-51-47)39-28-48(44-21-9-17-32-11-5-7-19-42(32)44)52-49(29-39)45-22-10-18-33-12-6-8-20-43(33)45/h1-31H. The predicted molar refractivity (Wildman–Crippen MR) is 217 cm³/mol. The lowest BCUT2D eigenvalue weighted by Gasteiger charge is -2.15. The van der Waals surface area contributed by atoms with Gasteiger partial charge in [0, 0.05) is 45.4 Å². The fourth-order valence-corrected chi connectivity index (χ4v) is 7.44. The number of nitrogens with zero attached hydrogens (tertiary/aromatic N) is 3. The molecule has 0 saturated heterocycles. The van der Waals surface area contributed by atoms with E-state index in [-0.39, 0.29) is 0 Å². The largest absolute Gasteiger partial charge is 0.256 e. The van der Waals surface area contributed by atoms with E-state index >= 15 is 0 Å². The zero-order valence-electron chi connectivity index (χ0n) is 28.2. The lowest BCUT2D eigenvalue weighted by atomic mass is 9.92. The highest BCUT2D eigenvalue weighted by molar-refractivity contribution is 6.00. The normalized spacial score (nSPS) is 11.5. The van der Waals surface area contributed by atoms with E-state index in [0.717, 1.165) is 77.7 Å². The quantitative estimate of drug-likeness (QED) is 0.184. The van der Waals surface area contributed by atoms with Crippen LogP contribution < -0.4 is 0 Å². The molecule has 10 aromatic rings. The van der Waals surface area contributed by atoms with Crippen LogP contribution in [0.3, 0.4) is 0 Å². The molecule has 0 aliphatic carbocycles. The van der Waals surface area contributed by atoms with Crippen molar-refractivity contribution in [3.8, 4) is 56.2 Å². The first-order valence-corrected chi connectivity index (χ1v) is 17.6. The van der Waals surface area contributed by atoms with Crippen molar-refractivity contribution in [1.82, 2.24) is 15.0 Å². The van der Waals surface area contributed by atoms with Crippen molar-refractivity contribution in [1.29, 1.82) is 0 Å². The first-order chi connectivity index (χ1) is 25.7. The third kappa shape index (κ3) is 5.37. The first-order valence-electron chi connectivity index (χ1n) is 17.6. The molecule has 0 radical (unpaired) electrons. The molecular formula is C49H31N3. The number of benzene rings is 7. The topological polar surface area (TPSA) is 38.7 Å². The summed E-state index contributed by atoms with van der Waals surface area (Å²) in [7, 11) is 0. The lowest BCUT2D eigenvalue weighted by molar-refractivity contribution is 1.32. The maximum absolute atomic E-state index is 5.40. The molecule has 242 valence electrons. The SMILES string of the molecule is c1ccc2cc(-c3cc(-c4cc(-c5cccc6ccccc56)nc(-c5cccc6ccccc56)c4)cc(-c4cc5ccccc5cn4)c3)ncc2c1. The van der Waals surface area contributed by atoms with Crippen LogP contribution in [0.1, 0.15) is 0 Å². The molecule has 0 aliphatic rings. The fraction of sp³-hybridized carbons (Fsp3) is 0. The van der Waals surface area contributed by atoms with Gasteiger partial charge >= 0.3 is 0 Å². The van der Waals surface area contributed by atoms with Gasteiger partial charge in [-0.2, -0.15) is 0 Å². The smallest absolute Gasteiger partial charge is 0.0721 e. The van der Waals surface area contributed by atoms with Crippen molar-refractivity contribution < 1.29 is 0 Å². The molecule has 7 aromatic carbocycles. The van der Waals surface area contributed by atoms with Crippen molar-refractivity contribution in [3.63, 3.8) is 0 Å². The van der Waals surface area contributed by atoms with Crippen molar-refractivity contribution in [2.75, 3.05) is 0 Å². The molecule has 0 unspecified atom stereocenters. The second-order valence-electron chi connectivity index (χ2n) is 13.3. The van der Waals surface area contributed by atoms with Gasteiger partial charge in [-0.3, -0.25) is 9.97 Å². The lowest BCUT2D eigenvalue weighted by Crippen LogP contribution is -1.94. The Kier molecular flexibility index (Phi) is 7.14.